The highest BCUT2D eigenvalue weighted by Crippen LogP contribution is 2.38. The molecule has 3 nitrogen and oxygen atoms in total. The van der Waals surface area contributed by atoms with E-state index in [0.29, 0.717) is 6.61 Å². The Hall–Kier alpha value is -2.17. The van der Waals surface area contributed by atoms with Gasteiger partial charge in [-0.05, 0) is 74.7 Å². The van der Waals surface area contributed by atoms with Gasteiger partial charge >= 0.3 is 5.97 Å². The lowest BCUT2D eigenvalue weighted by Gasteiger charge is -2.11. The molecule has 0 spiro atoms. The largest absolute Gasteiger partial charge is 0.463 e. The summed E-state index contributed by atoms with van der Waals surface area (Å²) in [7, 11) is 4.21. The first kappa shape index (κ1) is 19.6. The van der Waals surface area contributed by atoms with Gasteiger partial charge in [0.25, 0.3) is 0 Å². The number of benzene rings is 1. The van der Waals surface area contributed by atoms with Gasteiger partial charge in [0.05, 0.1) is 6.61 Å². The van der Waals surface area contributed by atoms with E-state index in [0.717, 1.165) is 30.7 Å². The third-order valence-corrected chi connectivity index (χ3v) is 5.80. The Morgan fingerprint density at radius 3 is 2.81 bits per heavy atom. The van der Waals surface area contributed by atoms with Crippen LogP contribution in [-0.2, 0) is 22.4 Å². The van der Waals surface area contributed by atoms with Crippen molar-refractivity contribution in [1.82, 2.24) is 4.90 Å². The standard InChI is InChI=1S/C23H27NO2S/c1-4-26-23(25)14-12-18-16-21-20(10-7-15-24(2)3)19-9-6-5-8-17(19)11-13-22(21)27-18/h5-6,8-10,12,14,16H,4,7,11,13,15H2,1-3H3. The molecule has 142 valence electrons. The van der Waals surface area contributed by atoms with Crippen molar-refractivity contribution in [3.63, 3.8) is 0 Å². The van der Waals surface area contributed by atoms with Crippen LogP contribution in [0.1, 0.15) is 39.8 Å². The van der Waals surface area contributed by atoms with Crippen molar-refractivity contribution in [1.29, 1.82) is 0 Å². The van der Waals surface area contributed by atoms with Crippen LogP contribution >= 0.6 is 11.3 Å². The van der Waals surface area contributed by atoms with Gasteiger partial charge in [-0.25, -0.2) is 4.79 Å². The molecular weight excluding hydrogens is 354 g/mol. The minimum atomic E-state index is -0.284. The number of nitrogens with zero attached hydrogens (tertiary/aromatic N) is 1. The number of carbonyl (C=O) groups excluding carboxylic acids is 1. The van der Waals surface area contributed by atoms with E-state index in [-0.39, 0.29) is 5.97 Å². The summed E-state index contributed by atoms with van der Waals surface area (Å²) in [5, 5.41) is 0. The Labute approximate surface area is 166 Å². The number of hydrogen-bond acceptors (Lipinski definition) is 4. The smallest absolute Gasteiger partial charge is 0.330 e. The fourth-order valence-corrected chi connectivity index (χ4v) is 4.45. The van der Waals surface area contributed by atoms with Crippen molar-refractivity contribution in [2.75, 3.05) is 27.2 Å². The number of carbonyl (C=O) groups is 1. The van der Waals surface area contributed by atoms with Gasteiger partial charge in [-0.15, -0.1) is 11.3 Å². The molecule has 0 atom stereocenters. The molecular formula is C23H27NO2S. The van der Waals surface area contributed by atoms with E-state index in [1.54, 1.807) is 11.3 Å². The first-order valence-corrected chi connectivity index (χ1v) is 10.3. The lowest BCUT2D eigenvalue weighted by Crippen LogP contribution is -2.12. The molecule has 1 aromatic heterocycles. The average Bonchev–Trinajstić information content (AvgIpc) is 2.99. The molecule has 1 aliphatic rings. The fourth-order valence-electron chi connectivity index (χ4n) is 3.37. The Balaban J connectivity index is 1.96. The summed E-state index contributed by atoms with van der Waals surface area (Å²) in [6, 6.07) is 10.9. The van der Waals surface area contributed by atoms with Crippen molar-refractivity contribution in [3.8, 4) is 0 Å². The molecule has 27 heavy (non-hydrogen) atoms. The number of ether oxygens (including phenoxy) is 1. The molecule has 4 heteroatoms. The van der Waals surface area contributed by atoms with Crippen molar-refractivity contribution in [2.45, 2.75) is 26.2 Å². The number of thiophene rings is 1. The van der Waals surface area contributed by atoms with Gasteiger partial charge in [-0.1, -0.05) is 30.3 Å². The summed E-state index contributed by atoms with van der Waals surface area (Å²) < 4.78 is 4.99. The van der Waals surface area contributed by atoms with Gasteiger partial charge in [-0.2, -0.15) is 0 Å². The van der Waals surface area contributed by atoms with Gasteiger partial charge in [0.15, 0.2) is 0 Å². The molecule has 1 aliphatic carbocycles. The zero-order valence-electron chi connectivity index (χ0n) is 16.3. The molecule has 0 bridgehead atoms. The highest BCUT2D eigenvalue weighted by molar-refractivity contribution is 7.13. The molecule has 2 aromatic rings. The van der Waals surface area contributed by atoms with Crippen LogP contribution in [0.5, 0.6) is 0 Å². The van der Waals surface area contributed by atoms with Crippen molar-refractivity contribution < 1.29 is 9.53 Å². The van der Waals surface area contributed by atoms with E-state index in [2.05, 4.69) is 55.4 Å². The van der Waals surface area contributed by atoms with Crippen LogP contribution in [0.2, 0.25) is 0 Å². The van der Waals surface area contributed by atoms with Crippen LogP contribution < -0.4 is 0 Å². The highest BCUT2D eigenvalue weighted by Gasteiger charge is 2.20. The predicted molar refractivity (Wildman–Crippen MR) is 114 cm³/mol. The Kier molecular flexibility index (Phi) is 6.64. The minimum absolute atomic E-state index is 0.284. The van der Waals surface area contributed by atoms with E-state index in [4.69, 9.17) is 4.74 Å². The number of esters is 1. The molecule has 0 aliphatic heterocycles. The molecule has 0 saturated carbocycles. The Morgan fingerprint density at radius 2 is 2.04 bits per heavy atom. The van der Waals surface area contributed by atoms with Crippen LogP contribution in [-0.4, -0.2) is 38.1 Å². The second-order valence-corrected chi connectivity index (χ2v) is 8.11. The summed E-state index contributed by atoms with van der Waals surface area (Å²) >= 11 is 1.78. The van der Waals surface area contributed by atoms with Crippen LogP contribution in [0.15, 0.2) is 42.5 Å². The lowest BCUT2D eigenvalue weighted by atomic mass is 9.95. The quantitative estimate of drug-likeness (QED) is 0.531. The molecule has 0 amide bonds. The van der Waals surface area contributed by atoms with E-state index in [1.807, 2.05) is 13.0 Å². The van der Waals surface area contributed by atoms with Crippen LogP contribution in [0.4, 0.5) is 0 Å². The average molecular weight is 382 g/mol. The molecule has 0 unspecified atom stereocenters. The SMILES string of the molecule is CCOC(=O)C=Cc1cc2c(s1)CCc1ccccc1C2=CCCN(C)C. The number of aryl methyl sites for hydroxylation is 2. The third-order valence-electron chi connectivity index (χ3n) is 4.64. The summed E-state index contributed by atoms with van der Waals surface area (Å²) in [5.41, 5.74) is 5.40. The second kappa shape index (κ2) is 9.16. The maximum Gasteiger partial charge on any atom is 0.330 e. The fraction of sp³-hybridized carbons (Fsp3) is 0.348. The van der Waals surface area contributed by atoms with Crippen molar-refractivity contribution in [3.05, 3.63) is 68.9 Å². The van der Waals surface area contributed by atoms with E-state index in [1.165, 1.54) is 33.2 Å². The molecule has 0 radical (unpaired) electrons. The molecule has 0 saturated heterocycles. The summed E-state index contributed by atoms with van der Waals surface area (Å²) in [6.07, 6.45) is 8.87. The molecule has 3 rings (SSSR count). The number of fused-ring (bicyclic) bond motifs is 2. The second-order valence-electron chi connectivity index (χ2n) is 6.94. The van der Waals surface area contributed by atoms with Gasteiger partial charge in [-0.3, -0.25) is 0 Å². The Morgan fingerprint density at radius 1 is 1.22 bits per heavy atom. The number of hydrogen-bond donors (Lipinski definition) is 0. The normalized spacial score (nSPS) is 15.0. The van der Waals surface area contributed by atoms with E-state index in [9.17, 15) is 4.79 Å². The molecule has 0 fully saturated rings. The van der Waals surface area contributed by atoms with Gasteiger partial charge in [0.1, 0.15) is 0 Å². The Bertz CT molecular complexity index is 861. The predicted octanol–water partition coefficient (Wildman–Crippen LogP) is 4.81. The third kappa shape index (κ3) is 4.96. The lowest BCUT2D eigenvalue weighted by molar-refractivity contribution is -0.137. The molecule has 1 heterocycles. The van der Waals surface area contributed by atoms with Crippen LogP contribution in [0.25, 0.3) is 11.6 Å². The van der Waals surface area contributed by atoms with E-state index < -0.39 is 0 Å². The maximum absolute atomic E-state index is 11.6. The summed E-state index contributed by atoms with van der Waals surface area (Å²) in [6.45, 7) is 3.25. The maximum atomic E-state index is 11.6. The summed E-state index contributed by atoms with van der Waals surface area (Å²) in [4.78, 5) is 16.3. The molecule has 1 aromatic carbocycles. The monoisotopic (exact) mass is 381 g/mol. The summed E-state index contributed by atoms with van der Waals surface area (Å²) in [5.74, 6) is -0.284. The van der Waals surface area contributed by atoms with Gasteiger partial charge in [0, 0.05) is 22.4 Å². The van der Waals surface area contributed by atoms with E-state index >= 15 is 0 Å². The highest BCUT2D eigenvalue weighted by atomic mass is 32.1. The zero-order chi connectivity index (χ0) is 19.2. The first-order chi connectivity index (χ1) is 13.1. The zero-order valence-corrected chi connectivity index (χ0v) is 17.1. The van der Waals surface area contributed by atoms with Crippen molar-refractivity contribution in [2.24, 2.45) is 0 Å². The first-order valence-electron chi connectivity index (χ1n) is 9.49. The van der Waals surface area contributed by atoms with Crippen LogP contribution in [0.3, 0.4) is 0 Å². The minimum Gasteiger partial charge on any atom is -0.463 e. The van der Waals surface area contributed by atoms with Crippen molar-refractivity contribution >= 4 is 29.0 Å². The number of rotatable bonds is 6. The van der Waals surface area contributed by atoms with Gasteiger partial charge in [0.2, 0.25) is 0 Å². The van der Waals surface area contributed by atoms with Gasteiger partial charge < -0.3 is 9.64 Å². The topological polar surface area (TPSA) is 29.5 Å². The van der Waals surface area contributed by atoms with Crippen LogP contribution in [0, 0.1) is 0 Å². The molecule has 0 N–H and O–H groups in total.